The number of hydrogen-bond donors (Lipinski definition) is 5. The fourth-order valence-corrected chi connectivity index (χ4v) is 5.80. The number of nitrogens with one attached hydrogen (secondary N) is 4. The van der Waals surface area contributed by atoms with E-state index in [2.05, 4.69) is 26.3 Å². The summed E-state index contributed by atoms with van der Waals surface area (Å²) < 4.78 is 20.9. The summed E-state index contributed by atoms with van der Waals surface area (Å²) in [5.74, 6) is 0.382. The van der Waals surface area contributed by atoms with E-state index in [9.17, 15) is 4.79 Å². The van der Waals surface area contributed by atoms with Gasteiger partial charge in [-0.2, -0.15) is 0 Å². The quantitative estimate of drug-likeness (QED) is 0.113. The molecule has 0 bridgehead atoms. The second kappa shape index (κ2) is 14.8. The summed E-state index contributed by atoms with van der Waals surface area (Å²) in [5, 5.41) is 22.3. The van der Waals surface area contributed by atoms with Gasteiger partial charge in [0.1, 0.15) is 5.75 Å². The van der Waals surface area contributed by atoms with Crippen LogP contribution in [0.5, 0.6) is 5.75 Å². The summed E-state index contributed by atoms with van der Waals surface area (Å²) in [4.78, 5) is 16.0. The van der Waals surface area contributed by atoms with Gasteiger partial charge in [-0.1, -0.05) is 59.6 Å². The van der Waals surface area contributed by atoms with Crippen LogP contribution in [0.15, 0.2) is 66.9 Å². The Morgan fingerprint density at radius 3 is 2.55 bits per heavy atom. The number of aliphatic hydroxyl groups excluding tert-OH is 1. The van der Waals surface area contributed by atoms with Gasteiger partial charge in [0.05, 0.1) is 40.8 Å². The van der Waals surface area contributed by atoms with Gasteiger partial charge in [-0.15, -0.1) is 0 Å². The molecule has 1 fully saturated rings. The van der Waals surface area contributed by atoms with E-state index in [1.54, 1.807) is 43.6 Å². The van der Waals surface area contributed by atoms with E-state index in [0.29, 0.717) is 69.9 Å². The first-order valence-electron chi connectivity index (χ1n) is 14.4. The summed E-state index contributed by atoms with van der Waals surface area (Å²) in [7, 11) is 1.62. The van der Waals surface area contributed by atoms with Crippen molar-refractivity contribution in [3.05, 3.63) is 93.8 Å². The van der Waals surface area contributed by atoms with Gasteiger partial charge in [0.2, 0.25) is 5.91 Å². The second-order valence-corrected chi connectivity index (χ2v) is 11.2. The van der Waals surface area contributed by atoms with Crippen LogP contribution < -0.4 is 26.0 Å². The molecule has 4 aromatic rings. The molecule has 230 valence electrons. The first kappa shape index (κ1) is 31.7. The molecule has 0 unspecified atom stereocenters. The number of aromatic nitrogens is 1. The molecule has 5 N–H and O–H groups in total. The van der Waals surface area contributed by atoms with Gasteiger partial charge in [-0.3, -0.25) is 9.78 Å². The van der Waals surface area contributed by atoms with E-state index in [-0.39, 0.29) is 30.8 Å². The molecule has 1 atom stereocenters. The lowest BCUT2D eigenvalue weighted by Gasteiger charge is -2.16. The van der Waals surface area contributed by atoms with Crippen LogP contribution in [-0.2, 0) is 17.9 Å². The Hall–Kier alpha value is -3.73. The van der Waals surface area contributed by atoms with Crippen LogP contribution in [0.2, 0.25) is 10.0 Å². The highest BCUT2D eigenvalue weighted by Gasteiger charge is 2.21. The fourth-order valence-electron chi connectivity index (χ4n) is 5.20. The first-order chi connectivity index (χ1) is 21.4. The molecule has 8 nitrogen and oxygen atoms in total. The molecule has 0 radical (unpaired) electrons. The predicted octanol–water partition coefficient (Wildman–Crippen LogP) is 6.06. The number of carbonyl (C=O) groups is 1. The van der Waals surface area contributed by atoms with Crippen molar-refractivity contribution in [1.29, 1.82) is 0 Å². The highest BCUT2D eigenvalue weighted by Crippen LogP contribution is 2.42. The molecule has 0 saturated carbocycles. The lowest BCUT2D eigenvalue weighted by Crippen LogP contribution is -2.35. The molecule has 1 saturated heterocycles. The minimum Gasteiger partial charge on any atom is -0.496 e. The number of anilines is 2. The minimum absolute atomic E-state index is 0.0269. The zero-order valence-electron chi connectivity index (χ0n) is 24.2. The Morgan fingerprint density at radius 1 is 1.00 bits per heavy atom. The van der Waals surface area contributed by atoms with Gasteiger partial charge in [-0.25, -0.2) is 4.39 Å². The molecule has 44 heavy (non-hydrogen) atoms. The Labute approximate surface area is 266 Å². The predicted molar refractivity (Wildman–Crippen MR) is 173 cm³/mol. The van der Waals surface area contributed by atoms with E-state index < -0.39 is 5.82 Å². The van der Waals surface area contributed by atoms with E-state index in [4.69, 9.17) is 33.0 Å². The van der Waals surface area contributed by atoms with Gasteiger partial charge in [0, 0.05) is 72.7 Å². The average molecular weight is 639 g/mol. The molecule has 0 aliphatic carbocycles. The van der Waals surface area contributed by atoms with Crippen LogP contribution in [0, 0.1) is 5.82 Å². The topological polar surface area (TPSA) is 108 Å². The Morgan fingerprint density at radius 2 is 1.77 bits per heavy atom. The van der Waals surface area contributed by atoms with Crippen molar-refractivity contribution in [2.75, 3.05) is 32.1 Å². The Kier molecular flexibility index (Phi) is 10.7. The van der Waals surface area contributed by atoms with Crippen molar-refractivity contribution in [2.24, 2.45) is 0 Å². The second-order valence-electron chi connectivity index (χ2n) is 10.5. The van der Waals surface area contributed by atoms with Crippen LogP contribution in [0.4, 0.5) is 15.8 Å². The number of halogens is 3. The molecule has 1 aliphatic heterocycles. The van der Waals surface area contributed by atoms with Crippen molar-refractivity contribution < 1.29 is 19.0 Å². The third-order valence-electron chi connectivity index (χ3n) is 7.48. The number of nitrogens with zero attached hydrogens (tertiary/aromatic N) is 1. The molecular formula is C33H34Cl2FN5O3. The molecule has 1 aromatic heterocycles. The number of pyridine rings is 1. The number of ether oxygens (including phenoxy) is 1. The Bertz CT molecular complexity index is 1640. The standard InChI is InChI=1S/C33H34Cl2FN5O3/c1-44-28-16-20(8-9-21(28)17-38-19-23-10-11-29(43)40-23)33-31(35)25(12-13-39-33)24-5-3-6-26(30(24)34)41-27-7-2-4-22(32(27)36)18-37-14-15-42/h2-9,12-13,16,23,37-38,41-42H,10-11,14-15,17-19H2,1H3,(H,40,43)/t23-/m1/s1. The number of hydrogen-bond acceptors (Lipinski definition) is 7. The van der Waals surface area contributed by atoms with Crippen LogP contribution in [0.1, 0.15) is 24.0 Å². The van der Waals surface area contributed by atoms with Gasteiger partial charge < -0.3 is 31.1 Å². The van der Waals surface area contributed by atoms with Crippen molar-refractivity contribution in [2.45, 2.75) is 32.0 Å². The number of carbonyl (C=O) groups excluding carboxylic acids is 1. The first-order valence-corrected chi connectivity index (χ1v) is 15.1. The number of rotatable bonds is 13. The van der Waals surface area contributed by atoms with Crippen molar-refractivity contribution in [3.8, 4) is 28.1 Å². The molecule has 3 aromatic carbocycles. The third-order valence-corrected chi connectivity index (χ3v) is 8.27. The maximum atomic E-state index is 15.2. The van der Waals surface area contributed by atoms with Gasteiger partial charge >= 0.3 is 0 Å². The van der Waals surface area contributed by atoms with Crippen molar-refractivity contribution in [1.82, 2.24) is 20.9 Å². The fraction of sp³-hybridized carbons (Fsp3) is 0.273. The molecule has 1 amide bonds. The largest absolute Gasteiger partial charge is 0.496 e. The summed E-state index contributed by atoms with van der Waals surface area (Å²) >= 11 is 13.8. The molecule has 0 spiro atoms. The monoisotopic (exact) mass is 637 g/mol. The van der Waals surface area contributed by atoms with Gasteiger partial charge in [0.15, 0.2) is 5.82 Å². The van der Waals surface area contributed by atoms with Crippen LogP contribution in [-0.4, -0.2) is 48.8 Å². The van der Waals surface area contributed by atoms with E-state index in [1.165, 1.54) is 0 Å². The molecule has 5 rings (SSSR count). The zero-order chi connectivity index (χ0) is 31.1. The minimum atomic E-state index is -0.401. The third kappa shape index (κ3) is 7.31. The van der Waals surface area contributed by atoms with Crippen LogP contribution in [0.3, 0.4) is 0 Å². The van der Waals surface area contributed by atoms with E-state index in [1.807, 2.05) is 30.3 Å². The maximum Gasteiger partial charge on any atom is 0.220 e. The highest BCUT2D eigenvalue weighted by atomic mass is 35.5. The summed E-state index contributed by atoms with van der Waals surface area (Å²) in [6.07, 6.45) is 3.08. The molecule has 2 heterocycles. The van der Waals surface area contributed by atoms with Crippen LogP contribution in [0.25, 0.3) is 22.4 Å². The van der Waals surface area contributed by atoms with Gasteiger partial charge in [-0.05, 0) is 30.7 Å². The smallest absolute Gasteiger partial charge is 0.220 e. The summed E-state index contributed by atoms with van der Waals surface area (Å²) in [6.45, 7) is 1.89. The lowest BCUT2D eigenvalue weighted by atomic mass is 10.0. The van der Waals surface area contributed by atoms with Crippen LogP contribution >= 0.6 is 23.2 Å². The summed E-state index contributed by atoms with van der Waals surface area (Å²) in [5.41, 5.74) is 4.93. The Balaban J connectivity index is 1.37. The van der Waals surface area contributed by atoms with E-state index in [0.717, 1.165) is 17.5 Å². The number of amides is 1. The normalized spacial score (nSPS) is 14.5. The molecule has 11 heteroatoms. The maximum absolute atomic E-state index is 15.2. The molecule has 1 aliphatic rings. The van der Waals surface area contributed by atoms with Crippen molar-refractivity contribution in [3.63, 3.8) is 0 Å². The van der Waals surface area contributed by atoms with Gasteiger partial charge in [0.25, 0.3) is 0 Å². The zero-order valence-corrected chi connectivity index (χ0v) is 25.7. The number of aliphatic hydroxyl groups is 1. The van der Waals surface area contributed by atoms with E-state index >= 15 is 4.39 Å². The lowest BCUT2D eigenvalue weighted by molar-refractivity contribution is -0.119. The number of methoxy groups -OCH3 is 1. The highest BCUT2D eigenvalue weighted by molar-refractivity contribution is 6.39. The molecular weight excluding hydrogens is 604 g/mol. The number of benzene rings is 3. The summed E-state index contributed by atoms with van der Waals surface area (Å²) in [6, 6.07) is 18.3. The average Bonchev–Trinajstić information content (AvgIpc) is 3.45. The SMILES string of the molecule is COc1cc(-c2nccc(-c3cccc(Nc4cccc(CNCCO)c4F)c3Cl)c2Cl)ccc1CNC[C@H]1CCC(=O)N1. The van der Waals surface area contributed by atoms with Crippen molar-refractivity contribution >= 4 is 40.5 Å².